The van der Waals surface area contributed by atoms with Crippen LogP contribution >= 0.6 is 0 Å². The van der Waals surface area contributed by atoms with Gasteiger partial charge in [0, 0.05) is 38.6 Å². The molecular weight excluding hydrogens is 408 g/mol. The highest BCUT2D eigenvalue weighted by atomic mass is 16.6. The van der Waals surface area contributed by atoms with E-state index in [1.165, 1.54) is 12.8 Å². The number of hydrogen-bond acceptors (Lipinski definition) is 7. The van der Waals surface area contributed by atoms with E-state index in [0.29, 0.717) is 0 Å². The minimum absolute atomic E-state index is 0.0489. The fourth-order valence-electron chi connectivity index (χ4n) is 3.23. The number of nitrogens with zero attached hydrogens (tertiary/aromatic N) is 4. The Labute approximate surface area is 189 Å². The standard InChI is InChI=1S/C14H20N2O2.C10H12N2O2/c1-14(2,3)18-13(17)9-11-5-6-12(15-10-11)16-7-4-8-16;13-10(14)6-8-2-3-9(11-7-8)12-4-1-5-12/h5-6,10H,4,7-9H2,1-3H3;2-3,7H,1,4-6H2,(H,13,14). The summed E-state index contributed by atoms with van der Waals surface area (Å²) in [5, 5.41) is 8.56. The first-order chi connectivity index (χ1) is 15.2. The maximum absolute atomic E-state index is 11.7. The van der Waals surface area contributed by atoms with E-state index in [2.05, 4.69) is 19.8 Å². The van der Waals surface area contributed by atoms with Gasteiger partial charge in [-0.2, -0.15) is 0 Å². The van der Waals surface area contributed by atoms with Crippen molar-refractivity contribution in [2.75, 3.05) is 36.0 Å². The molecule has 2 fully saturated rings. The molecule has 4 heterocycles. The van der Waals surface area contributed by atoms with Crippen molar-refractivity contribution in [2.24, 2.45) is 0 Å². The highest BCUT2D eigenvalue weighted by Gasteiger charge is 2.18. The van der Waals surface area contributed by atoms with Gasteiger partial charge in [-0.1, -0.05) is 12.1 Å². The molecule has 0 unspecified atom stereocenters. The number of carboxylic acids is 1. The van der Waals surface area contributed by atoms with Crippen LogP contribution in [0.5, 0.6) is 0 Å². The van der Waals surface area contributed by atoms with Crippen molar-refractivity contribution in [1.82, 2.24) is 9.97 Å². The van der Waals surface area contributed by atoms with Gasteiger partial charge in [-0.05, 0) is 56.9 Å². The molecule has 0 spiro atoms. The molecular formula is C24H32N4O4. The molecule has 2 aromatic heterocycles. The fourth-order valence-corrected chi connectivity index (χ4v) is 3.23. The van der Waals surface area contributed by atoms with Gasteiger partial charge in [-0.25, -0.2) is 9.97 Å². The van der Waals surface area contributed by atoms with Crippen molar-refractivity contribution in [3.05, 3.63) is 47.8 Å². The number of carboxylic acid groups (broad SMARTS) is 1. The van der Waals surface area contributed by atoms with E-state index in [1.807, 2.05) is 45.0 Å². The van der Waals surface area contributed by atoms with Crippen LogP contribution in [0.15, 0.2) is 36.7 Å². The van der Waals surface area contributed by atoms with Crippen molar-refractivity contribution in [1.29, 1.82) is 0 Å². The van der Waals surface area contributed by atoms with Crippen LogP contribution in [0, 0.1) is 0 Å². The number of ether oxygens (including phenoxy) is 1. The van der Waals surface area contributed by atoms with E-state index < -0.39 is 11.6 Å². The van der Waals surface area contributed by atoms with Gasteiger partial charge < -0.3 is 19.6 Å². The molecule has 8 heteroatoms. The van der Waals surface area contributed by atoms with Gasteiger partial charge >= 0.3 is 11.9 Å². The number of rotatable bonds is 6. The summed E-state index contributed by atoms with van der Waals surface area (Å²) in [4.78, 5) is 35.0. The second-order valence-corrected chi connectivity index (χ2v) is 9.06. The molecule has 172 valence electrons. The second-order valence-electron chi connectivity index (χ2n) is 9.06. The van der Waals surface area contributed by atoms with Crippen molar-refractivity contribution in [3.8, 4) is 0 Å². The largest absolute Gasteiger partial charge is 0.481 e. The summed E-state index contributed by atoms with van der Waals surface area (Å²) in [5.74, 6) is 0.920. The number of aliphatic carboxylic acids is 1. The summed E-state index contributed by atoms with van der Waals surface area (Å²) in [5.41, 5.74) is 1.22. The molecule has 2 saturated heterocycles. The van der Waals surface area contributed by atoms with Gasteiger partial charge in [-0.15, -0.1) is 0 Å². The zero-order valence-corrected chi connectivity index (χ0v) is 19.1. The molecule has 32 heavy (non-hydrogen) atoms. The predicted molar refractivity (Wildman–Crippen MR) is 123 cm³/mol. The molecule has 4 rings (SSSR count). The molecule has 2 aliphatic heterocycles. The molecule has 1 N–H and O–H groups in total. The minimum atomic E-state index is -0.816. The summed E-state index contributed by atoms with van der Waals surface area (Å²) < 4.78 is 5.27. The van der Waals surface area contributed by atoms with Crippen LogP contribution in [0.2, 0.25) is 0 Å². The zero-order valence-electron chi connectivity index (χ0n) is 19.1. The van der Waals surface area contributed by atoms with E-state index in [0.717, 1.165) is 48.9 Å². The van der Waals surface area contributed by atoms with Crippen LogP contribution in [0.4, 0.5) is 11.6 Å². The van der Waals surface area contributed by atoms with Gasteiger partial charge in [0.05, 0.1) is 12.8 Å². The predicted octanol–water partition coefficient (Wildman–Crippen LogP) is 3.09. The Kier molecular flexibility index (Phi) is 7.66. The van der Waals surface area contributed by atoms with Gasteiger partial charge in [0.25, 0.3) is 0 Å². The van der Waals surface area contributed by atoms with Gasteiger partial charge in [0.2, 0.25) is 0 Å². The zero-order chi connectivity index (χ0) is 23.1. The van der Waals surface area contributed by atoms with Crippen molar-refractivity contribution < 1.29 is 19.4 Å². The lowest BCUT2D eigenvalue weighted by atomic mass is 10.1. The van der Waals surface area contributed by atoms with Crippen molar-refractivity contribution in [3.63, 3.8) is 0 Å². The Morgan fingerprint density at radius 2 is 1.34 bits per heavy atom. The number of pyridine rings is 2. The Balaban J connectivity index is 0.000000186. The molecule has 0 radical (unpaired) electrons. The first-order valence-electron chi connectivity index (χ1n) is 11.0. The molecule has 0 amide bonds. The summed E-state index contributed by atoms with van der Waals surface area (Å²) >= 11 is 0. The Morgan fingerprint density at radius 1 is 0.875 bits per heavy atom. The maximum Gasteiger partial charge on any atom is 0.310 e. The van der Waals surface area contributed by atoms with Gasteiger partial charge in [-0.3, -0.25) is 9.59 Å². The Hall–Kier alpha value is -3.16. The van der Waals surface area contributed by atoms with Crippen molar-refractivity contribution >= 4 is 23.6 Å². The number of aromatic nitrogens is 2. The third kappa shape index (κ3) is 7.21. The van der Waals surface area contributed by atoms with E-state index >= 15 is 0 Å². The first kappa shape index (κ1) is 23.5. The summed E-state index contributed by atoms with van der Waals surface area (Å²) in [6.07, 6.45) is 6.19. The lowest BCUT2D eigenvalue weighted by Crippen LogP contribution is -2.37. The van der Waals surface area contributed by atoms with Gasteiger partial charge in [0.15, 0.2) is 0 Å². The topological polar surface area (TPSA) is 95.9 Å². The average Bonchev–Trinajstić information content (AvgIpc) is 2.60. The van der Waals surface area contributed by atoms with Crippen LogP contribution in [0.25, 0.3) is 0 Å². The quantitative estimate of drug-likeness (QED) is 0.685. The second kappa shape index (κ2) is 10.4. The number of carbonyl (C=O) groups is 2. The molecule has 0 saturated carbocycles. The lowest BCUT2D eigenvalue weighted by Gasteiger charge is -2.31. The molecule has 0 atom stereocenters. The van der Waals surface area contributed by atoms with Crippen LogP contribution in [0.1, 0.15) is 44.7 Å². The molecule has 0 aliphatic carbocycles. The number of esters is 1. The van der Waals surface area contributed by atoms with E-state index in [1.54, 1.807) is 12.4 Å². The fraction of sp³-hybridized carbons (Fsp3) is 0.500. The van der Waals surface area contributed by atoms with E-state index in [4.69, 9.17) is 9.84 Å². The van der Waals surface area contributed by atoms with E-state index in [-0.39, 0.29) is 18.8 Å². The molecule has 0 bridgehead atoms. The lowest BCUT2D eigenvalue weighted by molar-refractivity contribution is -0.154. The monoisotopic (exact) mass is 440 g/mol. The van der Waals surface area contributed by atoms with Gasteiger partial charge in [0.1, 0.15) is 17.2 Å². The third-order valence-corrected chi connectivity index (χ3v) is 5.10. The number of hydrogen-bond donors (Lipinski definition) is 1. The summed E-state index contributed by atoms with van der Waals surface area (Å²) in [7, 11) is 0. The smallest absolute Gasteiger partial charge is 0.310 e. The molecule has 0 aromatic carbocycles. The van der Waals surface area contributed by atoms with Crippen LogP contribution in [-0.4, -0.2) is 58.8 Å². The van der Waals surface area contributed by atoms with Crippen LogP contribution < -0.4 is 9.80 Å². The highest BCUT2D eigenvalue weighted by Crippen LogP contribution is 2.19. The SMILES string of the molecule is CC(C)(C)OC(=O)Cc1ccc(N2CCC2)nc1.O=C(O)Cc1ccc(N2CCC2)nc1. The summed E-state index contributed by atoms with van der Waals surface area (Å²) in [6.45, 7) is 9.90. The van der Waals surface area contributed by atoms with Crippen LogP contribution in [0.3, 0.4) is 0 Å². The third-order valence-electron chi connectivity index (χ3n) is 5.10. The maximum atomic E-state index is 11.7. The highest BCUT2D eigenvalue weighted by molar-refractivity contribution is 5.73. The Bertz CT molecular complexity index is 899. The summed E-state index contributed by atoms with van der Waals surface area (Å²) in [6, 6.07) is 7.63. The number of carbonyl (C=O) groups excluding carboxylic acids is 1. The molecule has 2 aromatic rings. The van der Waals surface area contributed by atoms with E-state index in [9.17, 15) is 9.59 Å². The first-order valence-corrected chi connectivity index (χ1v) is 11.0. The molecule has 8 nitrogen and oxygen atoms in total. The molecule has 2 aliphatic rings. The Morgan fingerprint density at radius 3 is 1.66 bits per heavy atom. The van der Waals surface area contributed by atoms with Crippen molar-refractivity contribution in [2.45, 2.75) is 52.1 Å². The van der Waals surface area contributed by atoms with Crippen LogP contribution in [-0.2, 0) is 27.2 Å². The minimum Gasteiger partial charge on any atom is -0.481 e. The average molecular weight is 441 g/mol. The number of anilines is 2. The normalized spacial score (nSPS) is 15.1.